The van der Waals surface area contributed by atoms with Gasteiger partial charge in [0, 0.05) is 16.7 Å². The molecular weight excluding hydrogens is 474 g/mol. The number of methoxy groups -OCH3 is 2. The van der Waals surface area contributed by atoms with Crippen molar-refractivity contribution in [1.29, 1.82) is 5.26 Å². The number of nitrogens with zero attached hydrogens (tertiary/aromatic N) is 2. The number of nitriles is 1. The highest BCUT2D eigenvalue weighted by molar-refractivity contribution is 6.06. The molecule has 0 saturated carbocycles. The van der Waals surface area contributed by atoms with Crippen LogP contribution < -0.4 is 10.6 Å². The fourth-order valence-corrected chi connectivity index (χ4v) is 4.48. The van der Waals surface area contributed by atoms with E-state index in [2.05, 4.69) is 6.07 Å². The van der Waals surface area contributed by atoms with Gasteiger partial charge in [0.05, 0.1) is 50.6 Å². The molecule has 0 spiro atoms. The minimum absolute atomic E-state index is 0.00632. The molecule has 0 bridgehead atoms. The number of allylic oxidation sites excluding steroid dienone is 1. The smallest absolute Gasteiger partial charge is 0.355 e. The van der Waals surface area contributed by atoms with Crippen molar-refractivity contribution in [3.05, 3.63) is 88.4 Å². The van der Waals surface area contributed by atoms with Crippen LogP contribution in [-0.2, 0) is 28.5 Å². The minimum Gasteiger partial charge on any atom is -0.466 e. The Balaban J connectivity index is 1.91. The van der Waals surface area contributed by atoms with Crippen LogP contribution in [0.1, 0.15) is 37.2 Å². The maximum absolute atomic E-state index is 13.2. The normalized spacial score (nSPS) is 19.9. The Morgan fingerprint density at radius 2 is 1.62 bits per heavy atom. The number of hydrogen-bond donors (Lipinski definition) is 1. The third-order valence-electron chi connectivity index (χ3n) is 6.26. The quantitative estimate of drug-likeness (QED) is 0.609. The van der Waals surface area contributed by atoms with E-state index in [-0.39, 0.29) is 28.1 Å². The van der Waals surface area contributed by atoms with Gasteiger partial charge in [0.2, 0.25) is 0 Å². The van der Waals surface area contributed by atoms with Crippen molar-refractivity contribution in [2.24, 2.45) is 11.1 Å². The Bertz CT molecular complexity index is 1300. The zero-order valence-corrected chi connectivity index (χ0v) is 21.2. The van der Waals surface area contributed by atoms with E-state index in [4.69, 9.17) is 24.7 Å². The summed E-state index contributed by atoms with van der Waals surface area (Å²) >= 11 is 0. The highest BCUT2D eigenvalue weighted by atomic mass is 16.7. The van der Waals surface area contributed by atoms with Gasteiger partial charge in [-0.15, -0.1) is 0 Å². The van der Waals surface area contributed by atoms with E-state index in [1.807, 2.05) is 26.0 Å². The first kappa shape index (κ1) is 25.9. The summed E-state index contributed by atoms with van der Waals surface area (Å²) < 4.78 is 22.0. The van der Waals surface area contributed by atoms with Gasteiger partial charge < -0.3 is 24.7 Å². The Hall–Kier alpha value is -4.13. The predicted octanol–water partition coefficient (Wildman–Crippen LogP) is 3.66. The van der Waals surface area contributed by atoms with Crippen molar-refractivity contribution >= 4 is 17.6 Å². The van der Waals surface area contributed by atoms with Crippen molar-refractivity contribution in [3.63, 3.8) is 0 Å². The first-order valence-electron chi connectivity index (χ1n) is 11.7. The lowest BCUT2D eigenvalue weighted by Gasteiger charge is -2.37. The molecule has 9 heteroatoms. The van der Waals surface area contributed by atoms with E-state index in [0.717, 1.165) is 0 Å². The van der Waals surface area contributed by atoms with E-state index < -0.39 is 24.1 Å². The molecule has 4 rings (SSSR count). The summed E-state index contributed by atoms with van der Waals surface area (Å²) in [6, 6.07) is 18.0. The van der Waals surface area contributed by atoms with Crippen molar-refractivity contribution in [2.45, 2.75) is 26.1 Å². The summed E-state index contributed by atoms with van der Waals surface area (Å²) in [6.07, 6.45) is -0.624. The molecule has 192 valence electrons. The van der Waals surface area contributed by atoms with E-state index in [1.165, 1.54) is 19.1 Å². The first-order valence-corrected chi connectivity index (χ1v) is 11.7. The zero-order valence-electron chi connectivity index (χ0n) is 21.2. The lowest BCUT2D eigenvalue weighted by molar-refractivity contribution is -0.226. The van der Waals surface area contributed by atoms with Crippen LogP contribution >= 0.6 is 0 Å². The SMILES string of the molecule is COC(=O)C1=C(C(=O)OC)N(c2cccc(C3OCC(C)(C)CO3)c2)C(N)=C(C#N)C1c1ccccc1. The van der Waals surface area contributed by atoms with Gasteiger partial charge in [0.15, 0.2) is 6.29 Å². The van der Waals surface area contributed by atoms with Crippen LogP contribution in [0.4, 0.5) is 5.69 Å². The summed E-state index contributed by atoms with van der Waals surface area (Å²) in [5, 5.41) is 10.2. The summed E-state index contributed by atoms with van der Waals surface area (Å²) in [5.41, 5.74) is 8.08. The zero-order chi connectivity index (χ0) is 26.7. The molecule has 2 aliphatic rings. The summed E-state index contributed by atoms with van der Waals surface area (Å²) in [7, 11) is 2.42. The Morgan fingerprint density at radius 3 is 2.22 bits per heavy atom. The summed E-state index contributed by atoms with van der Waals surface area (Å²) in [6.45, 7) is 5.11. The number of esters is 2. The van der Waals surface area contributed by atoms with Crippen LogP contribution in [0.3, 0.4) is 0 Å². The third kappa shape index (κ3) is 4.94. The van der Waals surface area contributed by atoms with Gasteiger partial charge in [-0.2, -0.15) is 5.26 Å². The van der Waals surface area contributed by atoms with Gasteiger partial charge in [-0.3, -0.25) is 4.90 Å². The number of hydrogen-bond acceptors (Lipinski definition) is 9. The van der Waals surface area contributed by atoms with E-state index in [1.54, 1.807) is 42.5 Å². The molecule has 2 heterocycles. The minimum atomic E-state index is -0.931. The van der Waals surface area contributed by atoms with E-state index in [0.29, 0.717) is 30.0 Å². The van der Waals surface area contributed by atoms with Crippen LogP contribution in [0.5, 0.6) is 0 Å². The van der Waals surface area contributed by atoms with E-state index >= 15 is 0 Å². The average Bonchev–Trinajstić information content (AvgIpc) is 2.91. The molecule has 2 aromatic carbocycles. The van der Waals surface area contributed by atoms with Crippen molar-refractivity contribution < 1.29 is 28.5 Å². The van der Waals surface area contributed by atoms with Gasteiger partial charge in [-0.05, 0) is 17.7 Å². The molecule has 2 aliphatic heterocycles. The van der Waals surface area contributed by atoms with Crippen LogP contribution in [0.25, 0.3) is 0 Å². The molecule has 0 aliphatic carbocycles. The van der Waals surface area contributed by atoms with Gasteiger partial charge >= 0.3 is 11.9 Å². The second-order valence-electron chi connectivity index (χ2n) is 9.55. The van der Waals surface area contributed by atoms with Crippen molar-refractivity contribution in [3.8, 4) is 6.07 Å². The first-order chi connectivity index (χ1) is 17.7. The van der Waals surface area contributed by atoms with Gasteiger partial charge in [-0.1, -0.05) is 56.3 Å². The van der Waals surface area contributed by atoms with Gasteiger partial charge in [-0.25, -0.2) is 9.59 Å². The largest absolute Gasteiger partial charge is 0.466 e. The molecular formula is C28H29N3O6. The molecule has 0 amide bonds. The standard InChI is InChI=1S/C28H29N3O6/c1-28(2)15-36-27(37-16-28)18-11-8-12-19(13-18)31-23(26(33)35-4)22(25(32)34-3)21(20(14-29)24(31)30)17-9-6-5-7-10-17/h5-13,21,27H,15-16,30H2,1-4H3. The second-order valence-corrected chi connectivity index (χ2v) is 9.55. The molecule has 2 aromatic rings. The fraction of sp³-hybridized carbons (Fsp3) is 0.321. The lowest BCUT2D eigenvalue weighted by Crippen LogP contribution is -2.40. The van der Waals surface area contributed by atoms with Crippen LogP contribution in [0, 0.1) is 16.7 Å². The highest BCUT2D eigenvalue weighted by Crippen LogP contribution is 2.43. The predicted molar refractivity (Wildman–Crippen MR) is 134 cm³/mol. The number of carbonyl (C=O) groups is 2. The molecule has 9 nitrogen and oxygen atoms in total. The topological polar surface area (TPSA) is 124 Å². The number of anilines is 1. The van der Waals surface area contributed by atoms with Crippen molar-refractivity contribution in [1.82, 2.24) is 0 Å². The fourth-order valence-electron chi connectivity index (χ4n) is 4.48. The molecule has 1 unspecified atom stereocenters. The van der Waals surface area contributed by atoms with Gasteiger partial charge in [0.25, 0.3) is 0 Å². The molecule has 1 atom stereocenters. The highest BCUT2D eigenvalue weighted by Gasteiger charge is 2.43. The van der Waals surface area contributed by atoms with Crippen LogP contribution in [-0.4, -0.2) is 39.4 Å². The molecule has 37 heavy (non-hydrogen) atoms. The number of rotatable bonds is 5. The number of benzene rings is 2. The number of nitrogens with two attached hydrogens (primary N) is 1. The van der Waals surface area contributed by atoms with E-state index in [9.17, 15) is 14.9 Å². The number of carbonyl (C=O) groups excluding carboxylic acids is 2. The molecule has 1 saturated heterocycles. The van der Waals surface area contributed by atoms with Crippen LogP contribution in [0.2, 0.25) is 0 Å². The summed E-state index contributed by atoms with van der Waals surface area (Å²) in [4.78, 5) is 27.7. The van der Waals surface area contributed by atoms with Gasteiger partial charge in [0.1, 0.15) is 11.5 Å². The third-order valence-corrected chi connectivity index (χ3v) is 6.26. The van der Waals surface area contributed by atoms with Crippen LogP contribution in [0.15, 0.2) is 77.3 Å². The Labute approximate surface area is 215 Å². The molecule has 1 fully saturated rings. The number of ether oxygens (including phenoxy) is 4. The Kier molecular flexibility index (Phi) is 7.34. The molecule has 0 radical (unpaired) electrons. The Morgan fingerprint density at radius 1 is 1.00 bits per heavy atom. The average molecular weight is 504 g/mol. The maximum atomic E-state index is 13.2. The molecule has 0 aromatic heterocycles. The van der Waals surface area contributed by atoms with Crippen molar-refractivity contribution in [2.75, 3.05) is 32.3 Å². The second kappa shape index (κ2) is 10.5. The monoisotopic (exact) mass is 503 g/mol. The summed E-state index contributed by atoms with van der Waals surface area (Å²) in [5.74, 6) is -2.52. The molecule has 2 N–H and O–H groups in total. The lowest BCUT2D eigenvalue weighted by atomic mass is 9.81. The maximum Gasteiger partial charge on any atom is 0.355 e.